The molecule has 2 amide bonds. The number of methoxy groups -OCH3 is 1. The third-order valence-electron chi connectivity index (χ3n) is 7.57. The smallest absolute Gasteiger partial charge is 0.411 e. The average molecular weight is 627 g/mol. The van der Waals surface area contributed by atoms with Gasteiger partial charge in [-0.05, 0) is 85.2 Å². The minimum Gasteiger partial charge on any atom is -0.453 e. The number of nitrogens with zero attached hydrogens (tertiary/aromatic N) is 3. The van der Waals surface area contributed by atoms with Crippen LogP contribution in [0.15, 0.2) is 78.0 Å². The van der Waals surface area contributed by atoms with Crippen molar-refractivity contribution < 1.29 is 14.3 Å². The maximum atomic E-state index is 13.3. The molecular formula is C33H35ClN8O3. The number of halogens is 1. The van der Waals surface area contributed by atoms with E-state index >= 15 is 0 Å². The predicted molar refractivity (Wildman–Crippen MR) is 178 cm³/mol. The standard InChI is InChI=1S/C33H35ClN8O3/c1-45-33(44)39-26-12-13-27-23(18-26)5-3-2-4-21-6-8-22(9-7-21)16-28(32-37-19-29(27)41-32)40-31(43)15-10-24-17-25(34)11-14-30(24)42(36)20-38-35/h6-15,17-20,28H,2-5,16,35-36H2,1H3,(H,37,41)(H,39,44)(H,40,43)/b15-10+,38-20-/t28-/m0/s1. The highest BCUT2D eigenvalue weighted by Crippen LogP contribution is 2.29. The van der Waals surface area contributed by atoms with Crippen molar-refractivity contribution in [1.29, 1.82) is 0 Å². The topological polar surface area (TPSA) is 164 Å². The van der Waals surface area contributed by atoms with Gasteiger partial charge < -0.3 is 20.9 Å². The molecule has 4 aromatic rings. The SMILES string of the molecule is COC(=O)Nc1ccc2c(c1)CCCCc1ccc(cc1)C[C@H](NC(=O)/C=C/c1cc(Cl)ccc1N(N)/C=N\N)c1ncc-2[nH]1. The molecule has 2 aliphatic heterocycles. The quantitative estimate of drug-likeness (QED) is 0.0621. The van der Waals surface area contributed by atoms with Crippen molar-refractivity contribution in [3.8, 4) is 11.3 Å². The van der Waals surface area contributed by atoms with E-state index in [1.165, 1.54) is 30.1 Å². The van der Waals surface area contributed by atoms with Crippen LogP contribution in [0.4, 0.5) is 16.2 Å². The highest BCUT2D eigenvalue weighted by molar-refractivity contribution is 6.30. The highest BCUT2D eigenvalue weighted by Gasteiger charge is 2.20. The molecule has 2 aliphatic rings. The molecular weight excluding hydrogens is 592 g/mol. The monoisotopic (exact) mass is 626 g/mol. The number of anilines is 2. The van der Waals surface area contributed by atoms with E-state index in [0.29, 0.717) is 34.2 Å². The number of hydrazine groups is 1. The Morgan fingerprint density at radius 1 is 1.09 bits per heavy atom. The number of H-pyrrole nitrogens is 1. The van der Waals surface area contributed by atoms with Gasteiger partial charge in [-0.25, -0.2) is 15.6 Å². The summed E-state index contributed by atoms with van der Waals surface area (Å²) in [5.74, 6) is 11.6. The van der Waals surface area contributed by atoms with Crippen LogP contribution in [0, 0.1) is 0 Å². The third-order valence-corrected chi connectivity index (χ3v) is 7.80. The van der Waals surface area contributed by atoms with Gasteiger partial charge in [-0.2, -0.15) is 5.10 Å². The number of hydrogen-bond acceptors (Lipinski definition) is 7. The number of hydrazone groups is 1. The Morgan fingerprint density at radius 2 is 1.87 bits per heavy atom. The molecule has 3 aromatic carbocycles. The number of benzene rings is 3. The van der Waals surface area contributed by atoms with E-state index in [1.54, 1.807) is 30.5 Å². The first-order valence-corrected chi connectivity index (χ1v) is 14.9. The fraction of sp³-hybridized carbons (Fsp3) is 0.212. The van der Waals surface area contributed by atoms with Gasteiger partial charge in [0.2, 0.25) is 5.91 Å². The first-order valence-electron chi connectivity index (χ1n) is 14.5. The number of nitrogens with two attached hydrogens (primary N) is 2. The molecule has 0 radical (unpaired) electrons. The van der Waals surface area contributed by atoms with Gasteiger partial charge in [-0.1, -0.05) is 41.9 Å². The zero-order valence-electron chi connectivity index (χ0n) is 24.8. The second kappa shape index (κ2) is 14.6. The maximum absolute atomic E-state index is 13.3. The van der Waals surface area contributed by atoms with Crippen molar-refractivity contribution >= 4 is 47.4 Å². The van der Waals surface area contributed by atoms with Gasteiger partial charge in [-0.3, -0.25) is 15.1 Å². The van der Waals surface area contributed by atoms with E-state index in [-0.39, 0.29) is 5.91 Å². The largest absolute Gasteiger partial charge is 0.453 e. The van der Waals surface area contributed by atoms with Crippen molar-refractivity contribution in [2.24, 2.45) is 16.8 Å². The van der Waals surface area contributed by atoms with E-state index in [9.17, 15) is 9.59 Å². The van der Waals surface area contributed by atoms with E-state index < -0.39 is 12.1 Å². The average Bonchev–Trinajstić information content (AvgIpc) is 3.52. The first kappa shape index (κ1) is 31.3. The van der Waals surface area contributed by atoms with E-state index in [0.717, 1.165) is 48.1 Å². The Hall–Kier alpha value is -5.13. The number of rotatable bonds is 6. The summed E-state index contributed by atoms with van der Waals surface area (Å²) in [5, 5.41) is 11.0. The summed E-state index contributed by atoms with van der Waals surface area (Å²) in [6.07, 6.45) is 9.84. The van der Waals surface area contributed by atoms with E-state index in [1.807, 2.05) is 18.2 Å². The number of ether oxygens (including phenoxy) is 1. The van der Waals surface area contributed by atoms with Crippen LogP contribution < -0.4 is 27.3 Å². The summed E-state index contributed by atoms with van der Waals surface area (Å²) in [4.78, 5) is 33.3. The molecule has 11 nitrogen and oxygen atoms in total. The number of aromatic nitrogens is 2. The second-order valence-electron chi connectivity index (χ2n) is 10.7. The van der Waals surface area contributed by atoms with Crippen LogP contribution in [0.25, 0.3) is 17.3 Å². The number of imidazole rings is 1. The molecule has 0 saturated carbocycles. The number of carbonyl (C=O) groups is 2. The van der Waals surface area contributed by atoms with Crippen molar-refractivity contribution in [3.05, 3.63) is 106 Å². The number of hydrogen-bond donors (Lipinski definition) is 5. The van der Waals surface area contributed by atoms with Gasteiger partial charge in [0.25, 0.3) is 0 Å². The lowest BCUT2D eigenvalue weighted by atomic mass is 9.97. The molecule has 0 unspecified atom stereocenters. The van der Waals surface area contributed by atoms with Crippen LogP contribution in [0.1, 0.15) is 47.0 Å². The molecule has 1 atom stereocenters. The van der Waals surface area contributed by atoms with Gasteiger partial charge in [0.1, 0.15) is 12.2 Å². The molecule has 0 aliphatic carbocycles. The molecule has 6 rings (SSSR count). The molecule has 12 heteroatoms. The Morgan fingerprint density at radius 3 is 2.64 bits per heavy atom. The molecule has 232 valence electrons. The molecule has 0 spiro atoms. The fourth-order valence-corrected chi connectivity index (χ4v) is 5.49. The summed E-state index contributed by atoms with van der Waals surface area (Å²) < 4.78 is 4.77. The first-order chi connectivity index (χ1) is 21.8. The minimum absolute atomic E-state index is 0.326. The van der Waals surface area contributed by atoms with E-state index in [4.69, 9.17) is 33.0 Å². The number of aromatic amines is 1. The zero-order valence-corrected chi connectivity index (χ0v) is 25.6. The number of amides is 2. The molecule has 0 saturated heterocycles. The molecule has 3 heterocycles. The number of aryl methyl sites for hydroxylation is 2. The Labute approximate surface area is 266 Å². The Kier molecular flexibility index (Phi) is 10.1. The zero-order chi connectivity index (χ0) is 31.8. The third kappa shape index (κ3) is 8.08. The summed E-state index contributed by atoms with van der Waals surface area (Å²) in [6.45, 7) is 0. The van der Waals surface area contributed by atoms with Gasteiger partial charge in [0, 0.05) is 27.9 Å². The normalized spacial score (nSPS) is 14.9. The maximum Gasteiger partial charge on any atom is 0.411 e. The van der Waals surface area contributed by atoms with Gasteiger partial charge in [-0.15, -0.1) is 0 Å². The number of nitrogens with one attached hydrogen (secondary N) is 3. The van der Waals surface area contributed by atoms with E-state index in [2.05, 4.69) is 45.0 Å². The van der Waals surface area contributed by atoms with Crippen molar-refractivity contribution in [2.45, 2.75) is 38.1 Å². The van der Waals surface area contributed by atoms with Crippen LogP contribution in [0.5, 0.6) is 0 Å². The molecule has 45 heavy (non-hydrogen) atoms. The molecule has 1 aromatic heterocycles. The Bertz CT molecular complexity index is 1720. The lowest BCUT2D eigenvalue weighted by molar-refractivity contribution is -0.117. The summed E-state index contributed by atoms with van der Waals surface area (Å²) in [7, 11) is 1.33. The minimum atomic E-state index is -0.525. The van der Waals surface area contributed by atoms with Gasteiger partial charge >= 0.3 is 6.09 Å². The molecule has 7 N–H and O–H groups in total. The summed E-state index contributed by atoms with van der Waals surface area (Å²) in [6, 6.07) is 18.9. The lowest BCUT2D eigenvalue weighted by Crippen LogP contribution is -2.30. The summed E-state index contributed by atoms with van der Waals surface area (Å²) in [5.41, 5.74) is 7.00. The van der Waals surface area contributed by atoms with Crippen LogP contribution in [-0.4, -0.2) is 35.4 Å². The predicted octanol–water partition coefficient (Wildman–Crippen LogP) is 5.48. The van der Waals surface area contributed by atoms with Gasteiger partial charge in [0.05, 0.1) is 30.7 Å². The van der Waals surface area contributed by atoms with Crippen LogP contribution >= 0.6 is 11.6 Å². The van der Waals surface area contributed by atoms with Gasteiger partial charge in [0.15, 0.2) is 0 Å². The van der Waals surface area contributed by atoms with Crippen molar-refractivity contribution in [3.63, 3.8) is 0 Å². The van der Waals surface area contributed by atoms with Crippen LogP contribution in [0.2, 0.25) is 5.02 Å². The number of carbonyl (C=O) groups excluding carboxylic acids is 2. The number of fused-ring (bicyclic) bond motifs is 6. The van der Waals surface area contributed by atoms with Crippen LogP contribution in [-0.2, 0) is 28.8 Å². The van der Waals surface area contributed by atoms with Crippen molar-refractivity contribution in [2.75, 3.05) is 17.4 Å². The summed E-state index contributed by atoms with van der Waals surface area (Å²) >= 11 is 6.22. The Balaban J connectivity index is 1.45. The molecule has 4 bridgehead atoms. The fourth-order valence-electron chi connectivity index (χ4n) is 5.31. The van der Waals surface area contributed by atoms with Crippen LogP contribution in [0.3, 0.4) is 0 Å². The van der Waals surface area contributed by atoms with Crippen molar-refractivity contribution in [1.82, 2.24) is 15.3 Å². The second-order valence-corrected chi connectivity index (χ2v) is 11.1. The highest BCUT2D eigenvalue weighted by atomic mass is 35.5. The lowest BCUT2D eigenvalue weighted by Gasteiger charge is -2.17. The molecule has 0 fully saturated rings.